The van der Waals surface area contributed by atoms with E-state index in [1.54, 1.807) is 13.8 Å². The lowest BCUT2D eigenvalue weighted by molar-refractivity contribution is -0.147. The fraction of sp³-hybridized carbons (Fsp3) is 0.538. The minimum Gasteiger partial charge on any atom is -0.491 e. The Hall–Kier alpha value is -2.65. The third-order valence-corrected chi connectivity index (χ3v) is 5.55. The molecule has 1 aliphatic rings. The van der Waals surface area contributed by atoms with Crippen molar-refractivity contribution in [2.75, 3.05) is 6.61 Å². The van der Waals surface area contributed by atoms with Crippen molar-refractivity contribution in [2.45, 2.75) is 70.4 Å². The van der Waals surface area contributed by atoms with Crippen molar-refractivity contribution in [2.24, 2.45) is 11.8 Å². The summed E-state index contributed by atoms with van der Waals surface area (Å²) in [4.78, 5) is 23.8. The topological polar surface area (TPSA) is 93.1 Å². The molecule has 1 aromatic carbocycles. The summed E-state index contributed by atoms with van der Waals surface area (Å²) < 4.78 is 48.7. The van der Waals surface area contributed by atoms with E-state index in [0.29, 0.717) is 25.7 Å². The number of benzene rings is 1. The van der Waals surface area contributed by atoms with Crippen LogP contribution in [0.4, 0.5) is 13.2 Å². The van der Waals surface area contributed by atoms with Crippen molar-refractivity contribution in [3.63, 3.8) is 0 Å². The Kier molecular flexibility index (Phi) is 11.0. The fourth-order valence-corrected chi connectivity index (χ4v) is 3.83. The van der Waals surface area contributed by atoms with E-state index in [2.05, 4.69) is 0 Å². The average Bonchev–Trinajstić information content (AvgIpc) is 3.04. The van der Waals surface area contributed by atoms with Gasteiger partial charge in [-0.1, -0.05) is 30.4 Å². The average molecular weight is 499 g/mol. The maximum atomic E-state index is 12.8. The minimum absolute atomic E-state index is 0.0192. The van der Waals surface area contributed by atoms with Crippen LogP contribution >= 0.6 is 0 Å². The summed E-state index contributed by atoms with van der Waals surface area (Å²) >= 11 is 0. The highest BCUT2D eigenvalue weighted by Crippen LogP contribution is 2.34. The molecule has 1 fully saturated rings. The van der Waals surface area contributed by atoms with E-state index in [1.807, 2.05) is 12.2 Å². The first-order valence-electron chi connectivity index (χ1n) is 11.7. The number of unbranched alkanes of at least 4 members (excludes halogenated alkanes) is 1. The van der Waals surface area contributed by atoms with Gasteiger partial charge in [0.15, 0.2) is 0 Å². The van der Waals surface area contributed by atoms with Crippen LogP contribution in [0.3, 0.4) is 0 Å². The highest BCUT2D eigenvalue weighted by molar-refractivity contribution is 5.86. The molecule has 0 radical (unpaired) electrons. The Morgan fingerprint density at radius 3 is 2.69 bits per heavy atom. The summed E-state index contributed by atoms with van der Waals surface area (Å²) in [5.74, 6) is -1.35. The summed E-state index contributed by atoms with van der Waals surface area (Å²) in [5.41, 5.74) is -0.850. The van der Waals surface area contributed by atoms with E-state index >= 15 is 0 Å². The molecule has 9 heteroatoms. The highest BCUT2D eigenvalue weighted by Gasteiger charge is 2.39. The summed E-state index contributed by atoms with van der Waals surface area (Å²) in [7, 11) is 0. The minimum atomic E-state index is -4.50. The lowest BCUT2D eigenvalue weighted by atomic mass is 9.90. The van der Waals surface area contributed by atoms with Crippen LogP contribution < -0.4 is 4.74 Å². The summed E-state index contributed by atoms with van der Waals surface area (Å²) in [6.45, 7) is 3.30. The van der Waals surface area contributed by atoms with Crippen molar-refractivity contribution in [3.05, 3.63) is 54.1 Å². The zero-order chi connectivity index (χ0) is 26.0. The number of carbonyl (C=O) groups is 2. The van der Waals surface area contributed by atoms with Gasteiger partial charge in [-0.15, -0.1) is 0 Å². The molecule has 1 aliphatic carbocycles. The van der Waals surface area contributed by atoms with Crippen molar-refractivity contribution in [1.29, 1.82) is 0 Å². The fourth-order valence-electron chi connectivity index (χ4n) is 3.83. The van der Waals surface area contributed by atoms with Crippen LogP contribution in [0.25, 0.3) is 0 Å². The largest absolute Gasteiger partial charge is 0.491 e. The summed E-state index contributed by atoms with van der Waals surface area (Å²) in [5, 5.41) is 20.4. The molecule has 1 saturated carbocycles. The maximum absolute atomic E-state index is 12.8. The number of allylic oxidation sites excluding steroid dienone is 3. The van der Waals surface area contributed by atoms with Crippen LogP contribution in [0.5, 0.6) is 5.75 Å². The van der Waals surface area contributed by atoms with Crippen LogP contribution in [0.2, 0.25) is 0 Å². The molecule has 0 aliphatic heterocycles. The predicted molar refractivity (Wildman–Crippen MR) is 124 cm³/mol. The first-order valence-corrected chi connectivity index (χ1v) is 11.7. The standard InChI is InChI=1S/C26H33F3O6/c1-17(2)35-25(33)11-6-4-3-5-10-21-22(24(32)15-23(21)31)13-12-19(30)16-34-20-9-7-8-18(14-20)26(27,28)29/h3,5,7-9,12-14,17,19,21-23,30-31H,4,6,10-11,15-16H2,1-2H3/t19-,21-,22-,23+/m1/s1. The quantitative estimate of drug-likeness (QED) is 0.248. The van der Waals surface area contributed by atoms with Gasteiger partial charge in [0.25, 0.3) is 0 Å². The number of esters is 1. The number of halogens is 3. The number of Topliss-reactive ketones (excluding diaryl/α,β-unsaturated/α-hetero) is 1. The number of aliphatic hydroxyl groups excluding tert-OH is 2. The van der Waals surface area contributed by atoms with E-state index < -0.39 is 29.9 Å². The molecular formula is C26H33F3O6. The predicted octanol–water partition coefficient (Wildman–Crippen LogP) is 4.64. The molecule has 6 nitrogen and oxygen atoms in total. The number of aliphatic hydroxyl groups is 2. The SMILES string of the molecule is CC(C)OC(=O)CCCC=CC[C@H]1[C@@H](O)CC(=O)[C@@H]1C=C[C@@H](O)COc1cccc(C(F)(F)F)c1. The van der Waals surface area contributed by atoms with Gasteiger partial charge in [0.2, 0.25) is 0 Å². The molecule has 2 rings (SSSR count). The van der Waals surface area contributed by atoms with Gasteiger partial charge in [-0.25, -0.2) is 0 Å². The number of alkyl halides is 3. The monoisotopic (exact) mass is 498 g/mol. The molecule has 0 amide bonds. The highest BCUT2D eigenvalue weighted by atomic mass is 19.4. The van der Waals surface area contributed by atoms with Crippen LogP contribution in [0.1, 0.15) is 51.5 Å². The zero-order valence-corrected chi connectivity index (χ0v) is 19.9. The van der Waals surface area contributed by atoms with Crippen molar-refractivity contribution in [1.82, 2.24) is 0 Å². The molecule has 0 saturated heterocycles. The molecule has 1 aromatic rings. The van der Waals surface area contributed by atoms with Crippen molar-refractivity contribution < 1.29 is 42.4 Å². The zero-order valence-electron chi connectivity index (χ0n) is 19.9. The molecule has 194 valence electrons. The van der Waals surface area contributed by atoms with E-state index in [-0.39, 0.29) is 42.6 Å². The van der Waals surface area contributed by atoms with Crippen LogP contribution in [-0.2, 0) is 20.5 Å². The molecule has 4 atom stereocenters. The second-order valence-electron chi connectivity index (χ2n) is 8.85. The third kappa shape index (κ3) is 9.85. The lowest BCUT2D eigenvalue weighted by Gasteiger charge is -2.17. The smallest absolute Gasteiger partial charge is 0.416 e. The molecule has 0 unspecified atom stereocenters. The molecular weight excluding hydrogens is 465 g/mol. The van der Waals surface area contributed by atoms with Gasteiger partial charge in [0, 0.05) is 24.7 Å². The van der Waals surface area contributed by atoms with E-state index in [4.69, 9.17) is 9.47 Å². The van der Waals surface area contributed by atoms with Gasteiger partial charge in [0.1, 0.15) is 24.2 Å². The number of ether oxygens (including phenoxy) is 2. The number of carbonyl (C=O) groups excluding carboxylic acids is 2. The normalized spacial score (nSPS) is 21.8. The van der Waals surface area contributed by atoms with E-state index in [0.717, 1.165) is 12.1 Å². The molecule has 0 spiro atoms. The van der Waals surface area contributed by atoms with Gasteiger partial charge in [-0.2, -0.15) is 13.2 Å². The number of ketones is 1. The lowest BCUT2D eigenvalue weighted by Crippen LogP contribution is -2.20. The van der Waals surface area contributed by atoms with Gasteiger partial charge in [-0.05, 0) is 51.3 Å². The number of hydrogen-bond acceptors (Lipinski definition) is 6. The maximum Gasteiger partial charge on any atom is 0.416 e. The molecule has 0 bridgehead atoms. The Morgan fingerprint density at radius 2 is 2.00 bits per heavy atom. The second-order valence-corrected chi connectivity index (χ2v) is 8.85. The molecule has 2 N–H and O–H groups in total. The summed E-state index contributed by atoms with van der Waals surface area (Å²) in [6.07, 6.45) is 2.17. The van der Waals surface area contributed by atoms with Gasteiger partial charge in [0.05, 0.1) is 17.8 Å². The Balaban J connectivity index is 1.83. The Bertz CT molecular complexity index is 893. The van der Waals surface area contributed by atoms with Crippen LogP contribution in [0, 0.1) is 11.8 Å². The molecule has 0 aromatic heterocycles. The van der Waals surface area contributed by atoms with Gasteiger partial charge in [-0.3, -0.25) is 9.59 Å². The van der Waals surface area contributed by atoms with Crippen molar-refractivity contribution >= 4 is 11.8 Å². The Morgan fingerprint density at radius 1 is 1.26 bits per heavy atom. The van der Waals surface area contributed by atoms with E-state index in [1.165, 1.54) is 24.3 Å². The molecule has 0 heterocycles. The second kappa shape index (κ2) is 13.4. The van der Waals surface area contributed by atoms with Gasteiger partial charge >= 0.3 is 12.1 Å². The summed E-state index contributed by atoms with van der Waals surface area (Å²) in [6, 6.07) is 4.35. The first-order chi connectivity index (χ1) is 16.5. The van der Waals surface area contributed by atoms with Crippen LogP contribution in [-0.4, -0.2) is 46.9 Å². The number of rotatable bonds is 12. The number of hydrogen-bond donors (Lipinski definition) is 2. The first kappa shape index (κ1) is 28.6. The van der Waals surface area contributed by atoms with E-state index in [9.17, 15) is 33.0 Å². The van der Waals surface area contributed by atoms with Crippen LogP contribution in [0.15, 0.2) is 48.6 Å². The van der Waals surface area contributed by atoms with Gasteiger partial charge < -0.3 is 19.7 Å². The molecule has 35 heavy (non-hydrogen) atoms. The van der Waals surface area contributed by atoms with Crippen molar-refractivity contribution in [3.8, 4) is 5.75 Å². The Labute approximate surface area is 203 Å². The third-order valence-electron chi connectivity index (χ3n) is 5.55.